The molecular formula is C16H30N4. The predicted molar refractivity (Wildman–Crippen MR) is 83.6 cm³/mol. The van der Waals surface area contributed by atoms with Gasteiger partial charge in [0.25, 0.3) is 0 Å². The molecule has 1 N–H and O–H groups in total. The van der Waals surface area contributed by atoms with Crippen molar-refractivity contribution in [2.75, 3.05) is 27.2 Å². The summed E-state index contributed by atoms with van der Waals surface area (Å²) in [5.74, 6) is 1.82. The zero-order chi connectivity index (χ0) is 14.5. The number of rotatable bonds is 6. The van der Waals surface area contributed by atoms with Gasteiger partial charge in [0.1, 0.15) is 0 Å². The summed E-state index contributed by atoms with van der Waals surface area (Å²) in [4.78, 5) is 2.27. The van der Waals surface area contributed by atoms with Crippen LogP contribution in [0.15, 0.2) is 12.4 Å². The third kappa shape index (κ3) is 4.32. The van der Waals surface area contributed by atoms with E-state index in [9.17, 15) is 0 Å². The average molecular weight is 278 g/mol. The van der Waals surface area contributed by atoms with E-state index in [1.807, 2.05) is 17.9 Å². The number of aromatic nitrogens is 2. The average Bonchev–Trinajstić information content (AvgIpc) is 2.82. The van der Waals surface area contributed by atoms with Crippen molar-refractivity contribution in [3.63, 3.8) is 0 Å². The number of aryl methyl sites for hydroxylation is 1. The fourth-order valence-electron chi connectivity index (χ4n) is 3.17. The molecule has 1 fully saturated rings. The Bertz CT molecular complexity index is 391. The first-order valence-electron chi connectivity index (χ1n) is 7.92. The normalized spacial score (nSPS) is 25.1. The van der Waals surface area contributed by atoms with Gasteiger partial charge in [-0.1, -0.05) is 19.8 Å². The highest BCUT2D eigenvalue weighted by Crippen LogP contribution is 2.27. The maximum absolute atomic E-state index is 4.29. The predicted octanol–water partition coefficient (Wildman–Crippen LogP) is 2.44. The highest BCUT2D eigenvalue weighted by atomic mass is 15.2. The molecule has 1 aromatic rings. The van der Waals surface area contributed by atoms with E-state index in [2.05, 4.69) is 42.5 Å². The summed E-state index contributed by atoms with van der Waals surface area (Å²) < 4.78 is 1.88. The number of hydrogen-bond acceptors (Lipinski definition) is 3. The molecule has 1 aliphatic rings. The van der Waals surface area contributed by atoms with Crippen molar-refractivity contribution in [2.45, 2.75) is 38.6 Å². The molecule has 0 saturated heterocycles. The van der Waals surface area contributed by atoms with Gasteiger partial charge in [0.15, 0.2) is 0 Å². The monoisotopic (exact) mass is 278 g/mol. The molecule has 2 rings (SSSR count). The Hall–Kier alpha value is -0.870. The van der Waals surface area contributed by atoms with Gasteiger partial charge in [-0.2, -0.15) is 5.10 Å². The Balaban J connectivity index is 1.78. The van der Waals surface area contributed by atoms with Gasteiger partial charge in [0, 0.05) is 31.4 Å². The summed E-state index contributed by atoms with van der Waals surface area (Å²) >= 11 is 0. The van der Waals surface area contributed by atoms with E-state index in [4.69, 9.17) is 0 Å². The van der Waals surface area contributed by atoms with E-state index in [0.717, 1.165) is 24.9 Å². The number of nitrogens with one attached hydrogen (secondary N) is 1. The molecule has 1 atom stereocenters. The summed E-state index contributed by atoms with van der Waals surface area (Å²) in [5, 5.41) is 7.97. The van der Waals surface area contributed by atoms with Crippen LogP contribution in [-0.2, 0) is 7.05 Å². The number of likely N-dealkylation sites (N-methyl/N-ethyl adjacent to an activating group) is 1. The Morgan fingerprint density at radius 3 is 2.60 bits per heavy atom. The number of hydrogen-bond donors (Lipinski definition) is 1. The van der Waals surface area contributed by atoms with E-state index in [1.54, 1.807) is 0 Å². The van der Waals surface area contributed by atoms with E-state index in [0.29, 0.717) is 6.04 Å². The van der Waals surface area contributed by atoms with Crippen LogP contribution in [0.5, 0.6) is 0 Å². The molecule has 114 valence electrons. The standard InChI is InChI=1S/C16H30N4/c1-13-5-7-14(8-6-13)9-17-11-16(19(2)3)15-10-18-20(4)12-15/h10,12-14,16-17H,5-9,11H2,1-4H3. The first-order chi connectivity index (χ1) is 9.56. The van der Waals surface area contributed by atoms with Crippen LogP contribution < -0.4 is 5.32 Å². The highest BCUT2D eigenvalue weighted by molar-refractivity contribution is 5.10. The molecule has 0 spiro atoms. The van der Waals surface area contributed by atoms with Crippen LogP contribution in [0, 0.1) is 11.8 Å². The lowest BCUT2D eigenvalue weighted by atomic mass is 9.83. The topological polar surface area (TPSA) is 33.1 Å². The summed E-state index contributed by atoms with van der Waals surface area (Å²) in [7, 11) is 6.26. The first-order valence-corrected chi connectivity index (χ1v) is 7.92. The van der Waals surface area contributed by atoms with Gasteiger partial charge in [-0.3, -0.25) is 4.68 Å². The van der Waals surface area contributed by atoms with Crippen molar-refractivity contribution < 1.29 is 0 Å². The quantitative estimate of drug-likeness (QED) is 0.867. The van der Waals surface area contributed by atoms with E-state index in [1.165, 1.54) is 31.2 Å². The molecule has 1 aromatic heterocycles. The lowest BCUT2D eigenvalue weighted by Gasteiger charge is -2.28. The van der Waals surface area contributed by atoms with Crippen molar-refractivity contribution in [1.82, 2.24) is 20.0 Å². The van der Waals surface area contributed by atoms with Crippen LogP contribution in [0.2, 0.25) is 0 Å². The van der Waals surface area contributed by atoms with Crippen LogP contribution in [-0.4, -0.2) is 41.9 Å². The van der Waals surface area contributed by atoms with Crippen molar-refractivity contribution in [2.24, 2.45) is 18.9 Å². The van der Waals surface area contributed by atoms with Gasteiger partial charge in [0.05, 0.1) is 6.20 Å². The smallest absolute Gasteiger partial charge is 0.0538 e. The lowest BCUT2D eigenvalue weighted by Crippen LogP contribution is -2.34. The molecule has 4 nitrogen and oxygen atoms in total. The minimum absolute atomic E-state index is 0.409. The molecule has 0 radical (unpaired) electrons. The molecule has 1 unspecified atom stereocenters. The van der Waals surface area contributed by atoms with Crippen LogP contribution in [0.3, 0.4) is 0 Å². The first kappa shape index (κ1) is 15.5. The third-order valence-corrected chi connectivity index (χ3v) is 4.64. The van der Waals surface area contributed by atoms with Crippen molar-refractivity contribution in [1.29, 1.82) is 0 Å². The fourth-order valence-corrected chi connectivity index (χ4v) is 3.17. The van der Waals surface area contributed by atoms with Gasteiger partial charge in [-0.25, -0.2) is 0 Å². The minimum Gasteiger partial charge on any atom is -0.315 e. The Labute approximate surface area is 123 Å². The SMILES string of the molecule is CC1CCC(CNCC(c2cnn(C)c2)N(C)C)CC1. The molecule has 4 heteroatoms. The van der Waals surface area contributed by atoms with Crippen LogP contribution >= 0.6 is 0 Å². The van der Waals surface area contributed by atoms with Crippen LogP contribution in [0.25, 0.3) is 0 Å². The minimum atomic E-state index is 0.409. The third-order valence-electron chi connectivity index (χ3n) is 4.64. The number of nitrogens with zero attached hydrogens (tertiary/aromatic N) is 3. The summed E-state index contributed by atoms with van der Waals surface area (Å²) in [6.45, 7) is 4.55. The molecule has 20 heavy (non-hydrogen) atoms. The lowest BCUT2D eigenvalue weighted by molar-refractivity contribution is 0.256. The van der Waals surface area contributed by atoms with Crippen molar-refractivity contribution >= 4 is 0 Å². The molecule has 0 aromatic carbocycles. The molecule has 1 heterocycles. The van der Waals surface area contributed by atoms with Crippen molar-refractivity contribution in [3.05, 3.63) is 18.0 Å². The Morgan fingerprint density at radius 1 is 1.35 bits per heavy atom. The zero-order valence-corrected chi connectivity index (χ0v) is 13.5. The van der Waals surface area contributed by atoms with Gasteiger partial charge in [-0.15, -0.1) is 0 Å². The second kappa shape index (κ2) is 7.23. The summed E-state index contributed by atoms with van der Waals surface area (Å²) in [6.07, 6.45) is 9.71. The largest absolute Gasteiger partial charge is 0.315 e. The maximum atomic E-state index is 4.29. The molecule has 1 saturated carbocycles. The second-order valence-corrected chi connectivity index (χ2v) is 6.71. The molecule has 0 aliphatic heterocycles. The van der Waals surface area contributed by atoms with E-state index >= 15 is 0 Å². The van der Waals surface area contributed by atoms with Gasteiger partial charge in [-0.05, 0) is 45.3 Å². The van der Waals surface area contributed by atoms with Crippen LogP contribution in [0.4, 0.5) is 0 Å². The maximum Gasteiger partial charge on any atom is 0.0538 e. The zero-order valence-electron chi connectivity index (χ0n) is 13.5. The van der Waals surface area contributed by atoms with E-state index in [-0.39, 0.29) is 0 Å². The molecule has 1 aliphatic carbocycles. The summed E-state index contributed by atoms with van der Waals surface area (Å²) in [6, 6.07) is 0.409. The molecule has 0 bridgehead atoms. The van der Waals surface area contributed by atoms with E-state index < -0.39 is 0 Å². The van der Waals surface area contributed by atoms with Gasteiger partial charge < -0.3 is 10.2 Å². The molecule has 0 amide bonds. The van der Waals surface area contributed by atoms with Crippen molar-refractivity contribution in [3.8, 4) is 0 Å². The van der Waals surface area contributed by atoms with Crippen LogP contribution in [0.1, 0.15) is 44.2 Å². The van der Waals surface area contributed by atoms with Gasteiger partial charge in [0.2, 0.25) is 0 Å². The summed E-state index contributed by atoms with van der Waals surface area (Å²) in [5.41, 5.74) is 1.29. The second-order valence-electron chi connectivity index (χ2n) is 6.71. The highest BCUT2D eigenvalue weighted by Gasteiger charge is 2.19. The van der Waals surface area contributed by atoms with Gasteiger partial charge >= 0.3 is 0 Å². The molecular weight excluding hydrogens is 248 g/mol. The fraction of sp³-hybridized carbons (Fsp3) is 0.812. The Kier molecular flexibility index (Phi) is 5.61. The Morgan fingerprint density at radius 2 is 2.05 bits per heavy atom.